The Kier molecular flexibility index (Phi) is 4.91. The van der Waals surface area contributed by atoms with E-state index >= 15 is 0 Å². The highest BCUT2D eigenvalue weighted by Gasteiger charge is 2.26. The molecule has 0 radical (unpaired) electrons. The van der Waals surface area contributed by atoms with Crippen LogP contribution >= 0.6 is 0 Å². The third-order valence-electron chi connectivity index (χ3n) is 4.25. The standard InChI is InChI=1S/C15H25N3O2S/c1-4-18-7-5-6-13(18)10-17-21(19,20)15-9-11(2)8-14(16)12(15)3/h8-9,13,17H,4-7,10,16H2,1-3H3. The van der Waals surface area contributed by atoms with E-state index in [4.69, 9.17) is 5.73 Å². The van der Waals surface area contributed by atoms with Gasteiger partial charge in [0, 0.05) is 18.3 Å². The fourth-order valence-electron chi connectivity index (χ4n) is 2.96. The largest absolute Gasteiger partial charge is 0.398 e. The number of hydrogen-bond donors (Lipinski definition) is 2. The van der Waals surface area contributed by atoms with Crippen LogP contribution in [0.3, 0.4) is 0 Å². The summed E-state index contributed by atoms with van der Waals surface area (Å²) in [5, 5.41) is 0. The molecule has 0 bridgehead atoms. The van der Waals surface area contributed by atoms with Crippen LogP contribution in [0.15, 0.2) is 17.0 Å². The minimum atomic E-state index is -3.51. The van der Waals surface area contributed by atoms with Crippen LogP contribution in [-0.2, 0) is 10.0 Å². The summed E-state index contributed by atoms with van der Waals surface area (Å²) in [5.74, 6) is 0. The molecule has 2 rings (SSSR count). The number of likely N-dealkylation sites (N-methyl/N-ethyl adjacent to an activating group) is 1. The van der Waals surface area contributed by atoms with E-state index in [1.165, 1.54) is 0 Å². The molecule has 1 fully saturated rings. The first-order chi connectivity index (χ1) is 9.85. The first kappa shape index (κ1) is 16.3. The maximum atomic E-state index is 12.5. The van der Waals surface area contributed by atoms with E-state index in [1.54, 1.807) is 19.1 Å². The van der Waals surface area contributed by atoms with Gasteiger partial charge >= 0.3 is 0 Å². The molecule has 1 saturated heterocycles. The van der Waals surface area contributed by atoms with Crippen molar-refractivity contribution in [2.24, 2.45) is 0 Å². The Hall–Kier alpha value is -1.11. The van der Waals surface area contributed by atoms with Gasteiger partial charge in [-0.05, 0) is 63.0 Å². The lowest BCUT2D eigenvalue weighted by Gasteiger charge is -2.23. The van der Waals surface area contributed by atoms with E-state index in [-0.39, 0.29) is 0 Å². The molecule has 0 saturated carbocycles. The molecule has 1 aliphatic heterocycles. The second kappa shape index (κ2) is 6.34. The van der Waals surface area contributed by atoms with Crippen molar-refractivity contribution in [1.82, 2.24) is 9.62 Å². The van der Waals surface area contributed by atoms with E-state index in [0.29, 0.717) is 28.7 Å². The molecular weight excluding hydrogens is 286 g/mol. The lowest BCUT2D eigenvalue weighted by atomic mass is 10.1. The number of anilines is 1. The van der Waals surface area contributed by atoms with Gasteiger partial charge in [-0.15, -0.1) is 0 Å². The van der Waals surface area contributed by atoms with Gasteiger partial charge in [-0.25, -0.2) is 13.1 Å². The molecule has 21 heavy (non-hydrogen) atoms. The second-order valence-electron chi connectivity index (χ2n) is 5.75. The first-order valence-corrected chi connectivity index (χ1v) is 8.94. The van der Waals surface area contributed by atoms with Crippen LogP contribution in [-0.4, -0.2) is 39.0 Å². The topological polar surface area (TPSA) is 75.4 Å². The number of nitrogen functional groups attached to an aromatic ring is 1. The van der Waals surface area contributed by atoms with E-state index in [1.807, 2.05) is 6.92 Å². The third kappa shape index (κ3) is 3.56. The van der Waals surface area contributed by atoms with E-state index < -0.39 is 10.0 Å². The monoisotopic (exact) mass is 311 g/mol. The molecule has 1 unspecified atom stereocenters. The molecule has 1 atom stereocenters. The van der Waals surface area contributed by atoms with Crippen molar-refractivity contribution in [2.75, 3.05) is 25.4 Å². The molecule has 1 aromatic rings. The smallest absolute Gasteiger partial charge is 0.240 e. The molecule has 0 aromatic heterocycles. The number of nitrogens with two attached hydrogens (primary N) is 1. The molecule has 1 aliphatic rings. The van der Waals surface area contributed by atoms with Crippen LogP contribution in [0.5, 0.6) is 0 Å². The van der Waals surface area contributed by atoms with Crippen molar-refractivity contribution in [3.63, 3.8) is 0 Å². The molecular formula is C15H25N3O2S. The van der Waals surface area contributed by atoms with Gasteiger partial charge in [0.25, 0.3) is 0 Å². The summed E-state index contributed by atoms with van der Waals surface area (Å²) in [6.45, 7) is 8.19. The maximum absolute atomic E-state index is 12.5. The van der Waals surface area contributed by atoms with Crippen molar-refractivity contribution in [1.29, 1.82) is 0 Å². The van der Waals surface area contributed by atoms with E-state index in [0.717, 1.165) is 31.5 Å². The number of aryl methyl sites for hydroxylation is 1. The van der Waals surface area contributed by atoms with Gasteiger partial charge in [0.1, 0.15) is 0 Å². The van der Waals surface area contributed by atoms with Crippen LogP contribution in [0.1, 0.15) is 30.9 Å². The van der Waals surface area contributed by atoms with Crippen LogP contribution in [0, 0.1) is 13.8 Å². The summed E-state index contributed by atoms with van der Waals surface area (Å²) >= 11 is 0. The number of rotatable bonds is 5. The van der Waals surface area contributed by atoms with Crippen LogP contribution in [0.4, 0.5) is 5.69 Å². The Balaban J connectivity index is 2.16. The summed E-state index contributed by atoms with van der Waals surface area (Å²) in [7, 11) is -3.51. The number of likely N-dealkylation sites (tertiary alicyclic amines) is 1. The predicted octanol–water partition coefficient (Wildman–Crippen LogP) is 1.65. The molecule has 1 heterocycles. The number of nitrogens with zero attached hydrogens (tertiary/aromatic N) is 1. The van der Waals surface area contributed by atoms with Crippen molar-refractivity contribution >= 4 is 15.7 Å². The zero-order chi connectivity index (χ0) is 15.6. The summed E-state index contributed by atoms with van der Waals surface area (Å²) in [6, 6.07) is 3.77. The van der Waals surface area contributed by atoms with Crippen LogP contribution in [0.2, 0.25) is 0 Å². The summed E-state index contributed by atoms with van der Waals surface area (Å²) in [6.07, 6.45) is 2.18. The quantitative estimate of drug-likeness (QED) is 0.811. The molecule has 5 nitrogen and oxygen atoms in total. The van der Waals surface area contributed by atoms with Crippen LogP contribution < -0.4 is 10.5 Å². The van der Waals surface area contributed by atoms with Gasteiger partial charge < -0.3 is 5.73 Å². The SMILES string of the molecule is CCN1CCCC1CNS(=O)(=O)c1cc(C)cc(N)c1C. The fourth-order valence-corrected chi connectivity index (χ4v) is 4.39. The molecule has 118 valence electrons. The van der Waals surface area contributed by atoms with Gasteiger partial charge in [0.2, 0.25) is 10.0 Å². The van der Waals surface area contributed by atoms with Gasteiger partial charge in [0.15, 0.2) is 0 Å². The average molecular weight is 311 g/mol. The van der Waals surface area contributed by atoms with Gasteiger partial charge in [-0.1, -0.05) is 6.92 Å². The Morgan fingerprint density at radius 1 is 1.38 bits per heavy atom. The summed E-state index contributed by atoms with van der Waals surface area (Å²) in [5.41, 5.74) is 7.87. The van der Waals surface area contributed by atoms with E-state index in [2.05, 4.69) is 16.5 Å². The number of hydrogen-bond acceptors (Lipinski definition) is 4. The normalized spacial score (nSPS) is 20.0. The Morgan fingerprint density at radius 3 is 2.76 bits per heavy atom. The molecule has 3 N–H and O–H groups in total. The van der Waals surface area contributed by atoms with E-state index in [9.17, 15) is 8.42 Å². The Bertz CT molecular complexity index is 614. The van der Waals surface area contributed by atoms with Gasteiger partial charge in [-0.3, -0.25) is 4.90 Å². The van der Waals surface area contributed by atoms with Crippen LogP contribution in [0.25, 0.3) is 0 Å². The minimum absolute atomic E-state index is 0.293. The molecule has 0 aliphatic carbocycles. The zero-order valence-corrected chi connectivity index (χ0v) is 13.8. The highest BCUT2D eigenvalue weighted by molar-refractivity contribution is 7.89. The van der Waals surface area contributed by atoms with Gasteiger partial charge in [0.05, 0.1) is 4.90 Å². The predicted molar refractivity (Wildman–Crippen MR) is 85.8 cm³/mol. The van der Waals surface area contributed by atoms with Crippen molar-refractivity contribution in [3.8, 4) is 0 Å². The highest BCUT2D eigenvalue weighted by atomic mass is 32.2. The molecule has 0 amide bonds. The van der Waals surface area contributed by atoms with Crippen molar-refractivity contribution < 1.29 is 8.42 Å². The van der Waals surface area contributed by atoms with Crippen molar-refractivity contribution in [2.45, 2.75) is 44.6 Å². The second-order valence-corrected chi connectivity index (χ2v) is 7.49. The Labute approximate surface area is 127 Å². The fraction of sp³-hybridized carbons (Fsp3) is 0.600. The zero-order valence-electron chi connectivity index (χ0n) is 13.0. The highest BCUT2D eigenvalue weighted by Crippen LogP contribution is 2.23. The molecule has 6 heteroatoms. The molecule has 0 spiro atoms. The number of nitrogens with one attached hydrogen (secondary N) is 1. The first-order valence-electron chi connectivity index (χ1n) is 7.45. The average Bonchev–Trinajstić information content (AvgIpc) is 2.88. The summed E-state index contributed by atoms with van der Waals surface area (Å²) in [4.78, 5) is 2.61. The molecule has 1 aromatic carbocycles. The minimum Gasteiger partial charge on any atom is -0.398 e. The van der Waals surface area contributed by atoms with Crippen molar-refractivity contribution in [3.05, 3.63) is 23.3 Å². The van der Waals surface area contributed by atoms with Gasteiger partial charge in [-0.2, -0.15) is 0 Å². The third-order valence-corrected chi connectivity index (χ3v) is 5.80. The summed E-state index contributed by atoms with van der Waals surface area (Å²) < 4.78 is 27.8. The number of benzene rings is 1. The Morgan fingerprint density at radius 2 is 2.10 bits per heavy atom. The lowest BCUT2D eigenvalue weighted by molar-refractivity contribution is 0.268. The lowest BCUT2D eigenvalue weighted by Crippen LogP contribution is -2.40. The maximum Gasteiger partial charge on any atom is 0.240 e. The number of sulfonamides is 1.